The molecule has 7 heavy (non-hydrogen) atoms. The Labute approximate surface area is 43.2 Å². The maximum Gasteiger partial charge on any atom is 0.168 e. The zero-order valence-electron chi connectivity index (χ0n) is 4.43. The first-order chi connectivity index (χ1) is 2.94. The van der Waals surface area contributed by atoms with Crippen LogP contribution in [0, 0.1) is 6.92 Å². The highest BCUT2D eigenvalue weighted by Crippen LogP contribution is 1.99. The van der Waals surface area contributed by atoms with E-state index in [1.807, 2.05) is 0 Å². The van der Waals surface area contributed by atoms with Crippen molar-refractivity contribution in [3.8, 4) is 0 Å². The van der Waals surface area contributed by atoms with Gasteiger partial charge in [-0.15, -0.1) is 0 Å². The molecule has 2 heteroatoms. The number of ketones is 1. The largest absolute Gasteiger partial charge is 0.383 e. The molecule has 0 rings (SSSR count). The van der Waals surface area contributed by atoms with Gasteiger partial charge in [0.2, 0.25) is 0 Å². The van der Waals surface area contributed by atoms with Gasteiger partial charge in [-0.1, -0.05) is 0 Å². The summed E-state index contributed by atoms with van der Waals surface area (Å²) in [6, 6.07) is 0. The molecule has 0 heterocycles. The third kappa shape index (κ3) is 2.34. The standard InChI is InChI=1S/C5H8O2/c1-4(6)5(2,3)7/h1,7H,2-3H3. The molecule has 0 aromatic heterocycles. The van der Waals surface area contributed by atoms with Crippen molar-refractivity contribution in [2.75, 3.05) is 0 Å². The maximum atomic E-state index is 9.99. The van der Waals surface area contributed by atoms with Crippen LogP contribution in [0.25, 0.3) is 0 Å². The zero-order valence-corrected chi connectivity index (χ0v) is 4.43. The smallest absolute Gasteiger partial charge is 0.168 e. The summed E-state index contributed by atoms with van der Waals surface area (Å²) >= 11 is 0. The van der Waals surface area contributed by atoms with E-state index in [0.29, 0.717) is 0 Å². The van der Waals surface area contributed by atoms with Crippen molar-refractivity contribution in [1.82, 2.24) is 0 Å². The number of rotatable bonds is 1. The molecule has 0 amide bonds. The molecule has 0 aliphatic heterocycles. The van der Waals surface area contributed by atoms with E-state index in [1.165, 1.54) is 13.8 Å². The van der Waals surface area contributed by atoms with Crippen LogP contribution in [0.1, 0.15) is 13.8 Å². The van der Waals surface area contributed by atoms with Crippen LogP contribution in [0.4, 0.5) is 0 Å². The average Bonchev–Trinajstić information content (AvgIpc) is 1.31. The molecule has 0 bridgehead atoms. The fourth-order valence-electron chi connectivity index (χ4n) is 0. The van der Waals surface area contributed by atoms with Crippen LogP contribution in [-0.4, -0.2) is 16.5 Å². The van der Waals surface area contributed by atoms with Crippen molar-refractivity contribution in [3.63, 3.8) is 0 Å². The molecule has 2 radical (unpaired) electrons. The Hall–Kier alpha value is -0.370. The molecule has 0 spiro atoms. The summed E-state index contributed by atoms with van der Waals surface area (Å²) in [5.41, 5.74) is -1.36. The first-order valence-corrected chi connectivity index (χ1v) is 1.97. The van der Waals surface area contributed by atoms with Crippen LogP contribution in [0.3, 0.4) is 0 Å². The number of carbonyl (C=O) groups excluding carboxylic acids is 1. The quantitative estimate of drug-likeness (QED) is 0.505. The first kappa shape index (κ1) is 6.63. The molecule has 1 N–H and O–H groups in total. The molecule has 0 saturated carbocycles. The second-order valence-corrected chi connectivity index (χ2v) is 1.92. The molecule has 2 nitrogen and oxygen atoms in total. The zero-order chi connectivity index (χ0) is 6.08. The fraction of sp³-hybridized carbons (Fsp3) is 0.600. The van der Waals surface area contributed by atoms with E-state index < -0.39 is 11.4 Å². The summed E-state index contributed by atoms with van der Waals surface area (Å²) in [7, 11) is 0. The van der Waals surface area contributed by atoms with E-state index >= 15 is 0 Å². The van der Waals surface area contributed by atoms with E-state index in [-0.39, 0.29) is 0 Å². The minimum atomic E-state index is -1.36. The Morgan fingerprint density at radius 1 is 1.71 bits per heavy atom. The van der Waals surface area contributed by atoms with E-state index in [4.69, 9.17) is 5.11 Å². The van der Waals surface area contributed by atoms with Crippen LogP contribution in [0.2, 0.25) is 0 Å². The van der Waals surface area contributed by atoms with Gasteiger partial charge in [-0.2, -0.15) is 0 Å². The molecule has 0 aliphatic carbocycles. The lowest BCUT2D eigenvalue weighted by Crippen LogP contribution is -2.28. The van der Waals surface area contributed by atoms with Gasteiger partial charge in [0.25, 0.3) is 0 Å². The Balaban J connectivity index is 3.79. The van der Waals surface area contributed by atoms with Crippen molar-refractivity contribution >= 4 is 5.78 Å². The van der Waals surface area contributed by atoms with E-state index in [0.717, 1.165) is 0 Å². The van der Waals surface area contributed by atoms with Gasteiger partial charge < -0.3 is 5.11 Å². The molecule has 40 valence electrons. The normalized spacial score (nSPS) is 11.4. The average molecular weight is 100 g/mol. The van der Waals surface area contributed by atoms with Gasteiger partial charge in [-0.3, -0.25) is 4.79 Å². The molecule has 0 unspecified atom stereocenters. The van der Waals surface area contributed by atoms with Crippen LogP contribution in [0.5, 0.6) is 0 Å². The molecule has 0 aromatic carbocycles. The Morgan fingerprint density at radius 3 is 1.86 bits per heavy atom. The third-order valence-electron chi connectivity index (χ3n) is 0.603. The van der Waals surface area contributed by atoms with E-state index in [9.17, 15) is 4.79 Å². The SMILES string of the molecule is [CH]C(=O)C(C)(C)O. The summed E-state index contributed by atoms with van der Waals surface area (Å²) in [6.45, 7) is 7.37. The first-order valence-electron chi connectivity index (χ1n) is 1.97. The van der Waals surface area contributed by atoms with Gasteiger partial charge in [0.05, 0.1) is 0 Å². The van der Waals surface area contributed by atoms with Crippen LogP contribution >= 0.6 is 0 Å². The van der Waals surface area contributed by atoms with Crippen molar-refractivity contribution in [1.29, 1.82) is 0 Å². The maximum absolute atomic E-state index is 9.99. The predicted molar refractivity (Wildman–Crippen MR) is 25.6 cm³/mol. The second-order valence-electron chi connectivity index (χ2n) is 1.92. The Morgan fingerprint density at radius 2 is 1.86 bits per heavy atom. The number of carbonyl (C=O) groups is 1. The fourth-order valence-corrected chi connectivity index (χ4v) is 0. The van der Waals surface area contributed by atoms with Crippen LogP contribution in [0.15, 0.2) is 0 Å². The van der Waals surface area contributed by atoms with Gasteiger partial charge in [0, 0.05) is 6.92 Å². The van der Waals surface area contributed by atoms with Gasteiger partial charge >= 0.3 is 0 Å². The number of hydrogen-bond donors (Lipinski definition) is 1. The summed E-state index contributed by atoms with van der Waals surface area (Å²) < 4.78 is 0. The van der Waals surface area contributed by atoms with Crippen LogP contribution in [-0.2, 0) is 4.79 Å². The topological polar surface area (TPSA) is 37.3 Å². The van der Waals surface area contributed by atoms with Gasteiger partial charge in [0.15, 0.2) is 5.78 Å². The molecule has 0 atom stereocenters. The predicted octanol–water partition coefficient (Wildman–Crippen LogP) is 0.0375. The molecule has 0 aliphatic rings. The Kier molecular flexibility index (Phi) is 1.53. The second kappa shape index (κ2) is 1.62. The van der Waals surface area contributed by atoms with Crippen molar-refractivity contribution < 1.29 is 9.90 Å². The summed E-state index contributed by atoms with van der Waals surface area (Å²) in [4.78, 5) is 9.99. The van der Waals surface area contributed by atoms with Crippen molar-refractivity contribution in [2.24, 2.45) is 0 Å². The lowest BCUT2D eigenvalue weighted by atomic mass is 10.1. The number of hydrogen-bond acceptors (Lipinski definition) is 2. The van der Waals surface area contributed by atoms with Crippen molar-refractivity contribution in [3.05, 3.63) is 6.92 Å². The lowest BCUT2D eigenvalue weighted by molar-refractivity contribution is -0.129. The lowest BCUT2D eigenvalue weighted by Gasteiger charge is -2.09. The molecule has 0 aromatic rings. The van der Waals surface area contributed by atoms with Gasteiger partial charge in [0.1, 0.15) is 5.60 Å². The molecule has 0 saturated heterocycles. The Bertz CT molecular complexity index is 78.6. The van der Waals surface area contributed by atoms with Crippen molar-refractivity contribution in [2.45, 2.75) is 19.4 Å². The molecular weight excluding hydrogens is 92.1 g/mol. The minimum absolute atomic E-state index is 0.701. The molecular formula is C5H8O2. The van der Waals surface area contributed by atoms with Crippen LogP contribution < -0.4 is 0 Å². The van der Waals surface area contributed by atoms with Gasteiger partial charge in [-0.05, 0) is 13.8 Å². The summed E-state index contributed by atoms with van der Waals surface area (Å²) in [6.07, 6.45) is 0. The third-order valence-corrected chi connectivity index (χ3v) is 0.603. The number of Topliss-reactive ketones (excluding diaryl/α,β-unsaturated/α-hetero) is 1. The summed E-state index contributed by atoms with van der Waals surface area (Å²) in [5, 5.41) is 8.62. The van der Waals surface area contributed by atoms with E-state index in [2.05, 4.69) is 6.92 Å². The minimum Gasteiger partial charge on any atom is -0.383 e. The molecule has 0 fully saturated rings. The summed E-state index contributed by atoms with van der Waals surface area (Å²) in [5.74, 6) is -0.701. The number of aliphatic hydroxyl groups is 1. The van der Waals surface area contributed by atoms with E-state index in [1.54, 1.807) is 0 Å². The highest BCUT2D eigenvalue weighted by molar-refractivity contribution is 5.89. The highest BCUT2D eigenvalue weighted by Gasteiger charge is 2.17. The monoisotopic (exact) mass is 100 g/mol. The van der Waals surface area contributed by atoms with Gasteiger partial charge in [-0.25, -0.2) is 0 Å². The highest BCUT2D eigenvalue weighted by atomic mass is 16.3.